The molecule has 1 fully saturated rings. The Kier molecular flexibility index (Phi) is 4.17. The number of aliphatic hydroxyl groups is 1. The van der Waals surface area contributed by atoms with Crippen molar-refractivity contribution in [2.75, 3.05) is 11.4 Å². The van der Waals surface area contributed by atoms with Crippen LogP contribution >= 0.6 is 23.2 Å². The fraction of sp³-hybridized carbons (Fsp3) is 0.533. The largest absolute Gasteiger partial charge is 0.371 e. The summed E-state index contributed by atoms with van der Waals surface area (Å²) in [5.74, 6) is 0. The number of halogens is 2. The summed E-state index contributed by atoms with van der Waals surface area (Å²) in [5, 5.41) is 11.5. The molecule has 0 saturated carbocycles. The van der Waals surface area contributed by atoms with Crippen molar-refractivity contribution in [1.82, 2.24) is 4.90 Å². The molecule has 1 N–H and O–H groups in total. The topological polar surface area (TPSA) is 43.8 Å². The summed E-state index contributed by atoms with van der Waals surface area (Å²) in [6.07, 6.45) is 0.430. The molecule has 1 aromatic rings. The first-order valence-electron chi connectivity index (χ1n) is 6.89. The number of amides is 2. The van der Waals surface area contributed by atoms with Gasteiger partial charge in [-0.3, -0.25) is 4.90 Å². The average Bonchev–Trinajstić information content (AvgIpc) is 2.31. The summed E-state index contributed by atoms with van der Waals surface area (Å²) in [6.45, 7) is 8.04. The van der Waals surface area contributed by atoms with Gasteiger partial charge >= 0.3 is 6.03 Å². The molecule has 1 saturated heterocycles. The van der Waals surface area contributed by atoms with Crippen LogP contribution in [0.3, 0.4) is 0 Å². The van der Waals surface area contributed by atoms with E-state index in [0.717, 1.165) is 0 Å². The molecule has 0 spiro atoms. The lowest BCUT2D eigenvalue weighted by Gasteiger charge is -2.53. The average molecular weight is 331 g/mol. The van der Waals surface area contributed by atoms with Crippen molar-refractivity contribution in [3.8, 4) is 0 Å². The van der Waals surface area contributed by atoms with E-state index >= 15 is 0 Å². The number of benzene rings is 1. The normalized spacial score (nSPS) is 25.4. The number of carbonyl (C=O) groups is 1. The maximum Gasteiger partial charge on any atom is 0.327 e. The zero-order valence-electron chi connectivity index (χ0n) is 12.7. The van der Waals surface area contributed by atoms with Gasteiger partial charge in [0.25, 0.3) is 0 Å². The molecular formula is C15H20Cl2N2O2. The number of hydrogen-bond acceptors (Lipinski definition) is 2. The lowest BCUT2D eigenvalue weighted by atomic mass is 9.87. The first kappa shape index (κ1) is 16.4. The molecule has 0 aromatic heterocycles. The summed E-state index contributed by atoms with van der Waals surface area (Å²) < 4.78 is 0. The van der Waals surface area contributed by atoms with Crippen molar-refractivity contribution in [2.24, 2.45) is 0 Å². The van der Waals surface area contributed by atoms with E-state index in [2.05, 4.69) is 0 Å². The molecule has 1 heterocycles. The number of hydrogen-bond donors (Lipinski definition) is 1. The van der Waals surface area contributed by atoms with Crippen LogP contribution in [-0.4, -0.2) is 33.8 Å². The molecule has 1 aliphatic rings. The third-order valence-electron chi connectivity index (χ3n) is 3.88. The van der Waals surface area contributed by atoms with Crippen molar-refractivity contribution in [3.05, 3.63) is 28.2 Å². The SMILES string of the molecule is CCN1C(=O)N(c2ccc(Cl)c(Cl)c2)[C@@](C)(O)CC1(C)C. The van der Waals surface area contributed by atoms with Crippen LogP contribution < -0.4 is 4.90 Å². The Labute approximate surface area is 135 Å². The zero-order valence-corrected chi connectivity index (χ0v) is 14.2. The van der Waals surface area contributed by atoms with Crippen LogP contribution in [-0.2, 0) is 0 Å². The van der Waals surface area contributed by atoms with Gasteiger partial charge in [0.05, 0.1) is 10.0 Å². The standard InChI is InChI=1S/C15H20Cl2N2O2/c1-5-18-13(20)19(15(4,21)9-14(18,2)3)10-6-7-11(16)12(17)8-10/h6-8,21H,5,9H2,1-4H3/t15-/m0/s1. The molecule has 4 nitrogen and oxygen atoms in total. The fourth-order valence-corrected chi connectivity index (χ4v) is 3.45. The third-order valence-corrected chi connectivity index (χ3v) is 4.62. The van der Waals surface area contributed by atoms with E-state index in [4.69, 9.17) is 23.2 Å². The van der Waals surface area contributed by atoms with Gasteiger partial charge in [0.2, 0.25) is 0 Å². The highest BCUT2D eigenvalue weighted by Gasteiger charge is 2.49. The molecule has 0 bridgehead atoms. The molecule has 2 amide bonds. The molecular weight excluding hydrogens is 311 g/mol. The monoisotopic (exact) mass is 330 g/mol. The minimum atomic E-state index is -1.29. The second-order valence-electron chi connectivity index (χ2n) is 6.17. The predicted octanol–water partition coefficient (Wildman–Crippen LogP) is 4.13. The van der Waals surface area contributed by atoms with Crippen molar-refractivity contribution >= 4 is 34.9 Å². The van der Waals surface area contributed by atoms with Gasteiger partial charge in [0.1, 0.15) is 5.72 Å². The van der Waals surface area contributed by atoms with Crippen LogP contribution in [0.5, 0.6) is 0 Å². The highest BCUT2D eigenvalue weighted by molar-refractivity contribution is 6.42. The van der Waals surface area contributed by atoms with Gasteiger partial charge in [0, 0.05) is 24.2 Å². The van der Waals surface area contributed by atoms with Crippen LogP contribution in [0.25, 0.3) is 0 Å². The van der Waals surface area contributed by atoms with Gasteiger partial charge in [-0.2, -0.15) is 0 Å². The minimum absolute atomic E-state index is 0.239. The summed E-state index contributed by atoms with van der Waals surface area (Å²) in [6, 6.07) is 4.67. The molecule has 1 aromatic carbocycles. The smallest absolute Gasteiger partial charge is 0.327 e. The Morgan fingerprint density at radius 1 is 1.24 bits per heavy atom. The summed E-state index contributed by atoms with van der Waals surface area (Å²) in [4.78, 5) is 15.9. The highest BCUT2D eigenvalue weighted by atomic mass is 35.5. The number of urea groups is 1. The van der Waals surface area contributed by atoms with E-state index in [9.17, 15) is 9.90 Å². The van der Waals surface area contributed by atoms with Crippen LogP contribution in [0.1, 0.15) is 34.1 Å². The van der Waals surface area contributed by atoms with Crippen molar-refractivity contribution in [3.63, 3.8) is 0 Å². The Morgan fingerprint density at radius 3 is 2.38 bits per heavy atom. The minimum Gasteiger partial charge on any atom is -0.371 e. The second-order valence-corrected chi connectivity index (χ2v) is 6.98. The summed E-state index contributed by atoms with van der Waals surface area (Å²) in [7, 11) is 0. The van der Waals surface area contributed by atoms with Gasteiger partial charge in [-0.15, -0.1) is 0 Å². The summed E-state index contributed by atoms with van der Waals surface area (Å²) in [5.41, 5.74) is -1.17. The lowest BCUT2D eigenvalue weighted by molar-refractivity contribution is -0.0238. The maximum atomic E-state index is 12.8. The number of rotatable bonds is 2. The second kappa shape index (κ2) is 5.34. The van der Waals surface area contributed by atoms with E-state index in [1.165, 1.54) is 4.90 Å². The van der Waals surface area contributed by atoms with Crippen LogP contribution in [0.4, 0.5) is 10.5 Å². The van der Waals surface area contributed by atoms with Crippen LogP contribution in [0.2, 0.25) is 10.0 Å². The predicted molar refractivity (Wildman–Crippen MR) is 86.0 cm³/mol. The van der Waals surface area contributed by atoms with E-state index in [1.807, 2.05) is 20.8 Å². The van der Waals surface area contributed by atoms with Crippen LogP contribution in [0.15, 0.2) is 18.2 Å². The van der Waals surface area contributed by atoms with Gasteiger partial charge in [-0.25, -0.2) is 4.79 Å². The molecule has 116 valence electrons. The number of carbonyl (C=O) groups excluding carboxylic acids is 1. The molecule has 21 heavy (non-hydrogen) atoms. The first-order chi connectivity index (χ1) is 9.60. The Morgan fingerprint density at radius 2 is 1.86 bits per heavy atom. The molecule has 0 aliphatic carbocycles. The van der Waals surface area contributed by atoms with Gasteiger partial charge in [0.15, 0.2) is 0 Å². The Balaban J connectivity index is 2.50. The molecule has 2 rings (SSSR count). The number of nitrogens with zero attached hydrogens (tertiary/aromatic N) is 2. The first-order valence-corrected chi connectivity index (χ1v) is 7.65. The van der Waals surface area contributed by atoms with E-state index < -0.39 is 11.3 Å². The summed E-state index contributed by atoms with van der Waals surface area (Å²) >= 11 is 12.0. The van der Waals surface area contributed by atoms with E-state index in [1.54, 1.807) is 30.0 Å². The molecule has 1 atom stereocenters. The van der Waals surface area contributed by atoms with E-state index in [-0.39, 0.29) is 6.03 Å². The molecule has 0 unspecified atom stereocenters. The third kappa shape index (κ3) is 2.85. The number of anilines is 1. The lowest BCUT2D eigenvalue weighted by Crippen LogP contribution is -2.68. The molecule has 6 heteroatoms. The fourth-order valence-electron chi connectivity index (χ4n) is 3.16. The zero-order chi connectivity index (χ0) is 16.0. The quantitative estimate of drug-likeness (QED) is 0.885. The van der Waals surface area contributed by atoms with Gasteiger partial charge in [-0.05, 0) is 45.9 Å². The Hall–Kier alpha value is -0.970. The van der Waals surface area contributed by atoms with Gasteiger partial charge < -0.3 is 10.0 Å². The van der Waals surface area contributed by atoms with Gasteiger partial charge in [-0.1, -0.05) is 23.2 Å². The Bertz CT molecular complexity index is 573. The van der Waals surface area contributed by atoms with Crippen LogP contribution in [0, 0.1) is 0 Å². The van der Waals surface area contributed by atoms with Crippen molar-refractivity contribution < 1.29 is 9.90 Å². The molecule has 1 aliphatic heterocycles. The van der Waals surface area contributed by atoms with Crippen molar-refractivity contribution in [2.45, 2.75) is 45.4 Å². The van der Waals surface area contributed by atoms with E-state index in [0.29, 0.717) is 28.7 Å². The highest BCUT2D eigenvalue weighted by Crippen LogP contribution is 2.40. The van der Waals surface area contributed by atoms with Crippen molar-refractivity contribution in [1.29, 1.82) is 0 Å². The maximum absolute atomic E-state index is 12.8. The molecule has 0 radical (unpaired) electrons.